The van der Waals surface area contributed by atoms with Gasteiger partial charge in [-0.2, -0.15) is 4.73 Å². The monoisotopic (exact) mass is 741 g/mol. The largest absolute Gasteiger partial charge is 0.619 e. The molecule has 5 rings (SSSR count). The number of piperidine rings is 1. The number of hydrogen-bond donors (Lipinski definition) is 2. The molecular formula is C37H41Cl2N3O7S. The summed E-state index contributed by atoms with van der Waals surface area (Å²) in [5, 5.41) is 26.1. The highest BCUT2D eigenvalue weighted by Gasteiger charge is 2.29. The minimum Gasteiger partial charge on any atom is -0.619 e. The number of rotatable bonds is 15. The number of nitrogens with zero attached hydrogens (tertiary/aromatic N) is 2. The summed E-state index contributed by atoms with van der Waals surface area (Å²) < 4.78 is 17.7. The molecule has 2 unspecified atom stereocenters. The topological polar surface area (TPSA) is 124 Å². The van der Waals surface area contributed by atoms with Crippen LogP contribution in [-0.4, -0.2) is 62.4 Å². The average molecular weight is 743 g/mol. The van der Waals surface area contributed by atoms with E-state index < -0.39 is 17.9 Å². The van der Waals surface area contributed by atoms with E-state index in [1.54, 1.807) is 13.2 Å². The molecule has 0 saturated carbocycles. The second kappa shape index (κ2) is 17.4. The number of aromatic nitrogens is 1. The van der Waals surface area contributed by atoms with E-state index in [9.17, 15) is 19.9 Å². The zero-order valence-corrected chi connectivity index (χ0v) is 30.5. The summed E-state index contributed by atoms with van der Waals surface area (Å²) in [6.07, 6.45) is 4.57. The molecule has 2 aromatic carbocycles. The molecule has 0 aliphatic carbocycles. The molecule has 0 amide bonds. The Hall–Kier alpha value is -3.87. The fourth-order valence-corrected chi connectivity index (χ4v) is 7.79. The van der Waals surface area contributed by atoms with Gasteiger partial charge in [-0.15, -0.1) is 11.3 Å². The summed E-state index contributed by atoms with van der Waals surface area (Å²) in [5.41, 5.74) is 2.51. The van der Waals surface area contributed by atoms with Gasteiger partial charge in [-0.3, -0.25) is 5.32 Å². The maximum Gasteiger partial charge on any atom is 0.346 e. The molecule has 0 spiro atoms. The van der Waals surface area contributed by atoms with Crippen LogP contribution in [-0.2, 0) is 22.5 Å². The smallest absolute Gasteiger partial charge is 0.346 e. The van der Waals surface area contributed by atoms with E-state index >= 15 is 0 Å². The third kappa shape index (κ3) is 9.26. The fourth-order valence-electron chi connectivity index (χ4n) is 6.18. The van der Waals surface area contributed by atoms with Gasteiger partial charge >= 0.3 is 11.9 Å². The van der Waals surface area contributed by atoms with Crippen LogP contribution in [0.1, 0.15) is 68.5 Å². The maximum atomic E-state index is 13.5. The van der Waals surface area contributed by atoms with Crippen LogP contribution in [0.25, 0.3) is 0 Å². The molecule has 2 N–H and O–H groups in total. The highest BCUT2D eigenvalue weighted by Crippen LogP contribution is 2.41. The molecule has 13 heteroatoms. The molecular weight excluding hydrogens is 701 g/mol. The SMILES string of the molecule is CCOc1cc(C(Cc2c(Cl)c[n+]([O-])cc2Cl)c2cc(CNC(C(=O)OCC3CCN(C)CC3)c3ccccc3)sc2C(=O)O)ccc1OC. The maximum absolute atomic E-state index is 13.5. The van der Waals surface area contributed by atoms with Crippen LogP contribution in [0.5, 0.6) is 11.5 Å². The van der Waals surface area contributed by atoms with Crippen LogP contribution >= 0.6 is 34.5 Å². The Morgan fingerprint density at radius 1 is 1.06 bits per heavy atom. The number of thiophene rings is 1. The van der Waals surface area contributed by atoms with Crippen molar-refractivity contribution in [2.75, 3.05) is 40.5 Å². The zero-order valence-electron chi connectivity index (χ0n) is 28.2. The van der Waals surface area contributed by atoms with Crippen molar-refractivity contribution in [1.82, 2.24) is 10.2 Å². The lowest BCUT2D eigenvalue weighted by Crippen LogP contribution is -2.34. The highest BCUT2D eigenvalue weighted by atomic mass is 35.5. The molecule has 1 aliphatic heterocycles. The van der Waals surface area contributed by atoms with Gasteiger partial charge in [0.2, 0.25) is 0 Å². The number of methoxy groups -OCH3 is 1. The molecule has 0 bridgehead atoms. The van der Waals surface area contributed by atoms with E-state index in [1.807, 2.05) is 55.5 Å². The molecule has 0 radical (unpaired) electrons. The van der Waals surface area contributed by atoms with Gasteiger partial charge in [0.1, 0.15) is 21.0 Å². The number of hydrogen-bond acceptors (Lipinski definition) is 9. The molecule has 50 heavy (non-hydrogen) atoms. The minimum absolute atomic E-state index is 0.128. The lowest BCUT2D eigenvalue weighted by Gasteiger charge is -2.29. The van der Waals surface area contributed by atoms with Crippen LogP contribution in [0.3, 0.4) is 0 Å². The molecule has 2 aromatic heterocycles. The molecule has 10 nitrogen and oxygen atoms in total. The number of likely N-dealkylation sites (tertiary alicyclic amines) is 1. The Morgan fingerprint density at radius 2 is 1.76 bits per heavy atom. The van der Waals surface area contributed by atoms with Gasteiger partial charge in [-0.1, -0.05) is 59.6 Å². The number of ether oxygens (including phenoxy) is 3. The molecule has 1 aliphatic rings. The lowest BCUT2D eigenvalue weighted by atomic mass is 9.85. The predicted octanol–water partition coefficient (Wildman–Crippen LogP) is 6.88. The van der Waals surface area contributed by atoms with Gasteiger partial charge in [0, 0.05) is 22.9 Å². The number of carbonyl (C=O) groups is 2. The van der Waals surface area contributed by atoms with Gasteiger partial charge in [0.05, 0.1) is 20.3 Å². The summed E-state index contributed by atoms with van der Waals surface area (Å²) in [7, 11) is 3.64. The van der Waals surface area contributed by atoms with Crippen molar-refractivity contribution in [1.29, 1.82) is 0 Å². The van der Waals surface area contributed by atoms with Crippen molar-refractivity contribution < 1.29 is 33.6 Å². The van der Waals surface area contributed by atoms with E-state index in [0.717, 1.165) is 48.4 Å². The van der Waals surface area contributed by atoms with Crippen molar-refractivity contribution in [2.45, 2.75) is 44.7 Å². The van der Waals surface area contributed by atoms with E-state index in [4.69, 9.17) is 37.4 Å². The van der Waals surface area contributed by atoms with Gasteiger partial charge in [0.25, 0.3) is 0 Å². The van der Waals surface area contributed by atoms with Gasteiger partial charge in [0.15, 0.2) is 23.9 Å². The predicted molar refractivity (Wildman–Crippen MR) is 194 cm³/mol. The van der Waals surface area contributed by atoms with E-state index in [-0.39, 0.29) is 33.9 Å². The number of carboxylic acid groups (broad SMARTS) is 1. The Bertz CT molecular complexity index is 1760. The number of pyridine rings is 1. The number of esters is 1. The number of aromatic carboxylic acids is 1. The zero-order chi connectivity index (χ0) is 35.8. The van der Waals surface area contributed by atoms with Crippen molar-refractivity contribution in [3.63, 3.8) is 0 Å². The first-order valence-corrected chi connectivity index (χ1v) is 18.0. The second-order valence-corrected chi connectivity index (χ2v) is 14.2. The van der Waals surface area contributed by atoms with Crippen LogP contribution in [0, 0.1) is 11.1 Å². The van der Waals surface area contributed by atoms with Gasteiger partial charge in [-0.05, 0) is 87.1 Å². The highest BCUT2D eigenvalue weighted by molar-refractivity contribution is 7.14. The quantitative estimate of drug-likeness (QED) is 0.0762. The van der Waals surface area contributed by atoms with Gasteiger partial charge < -0.3 is 29.4 Å². The lowest BCUT2D eigenvalue weighted by molar-refractivity contribution is -0.605. The minimum atomic E-state index is -1.10. The molecule has 1 saturated heterocycles. The third-order valence-electron chi connectivity index (χ3n) is 8.89. The van der Waals surface area contributed by atoms with E-state index in [1.165, 1.54) is 12.4 Å². The average Bonchev–Trinajstić information content (AvgIpc) is 3.53. The first-order chi connectivity index (χ1) is 24.1. The standard InChI is InChI=1S/C37H41Cl2N3O7S/c1-4-48-33-16-25(10-11-32(33)47-3)27(18-29-30(38)20-42(46)21-31(29)39)28-17-26(50-35(28)36(43)44)19-40-34(24-8-6-5-7-9-24)37(45)49-22-23-12-14-41(2)15-13-23/h5-11,16-17,20-21,23,27,34,40H,4,12-15,18-19,22H2,1-3H3,(H,43,44). The van der Waals surface area contributed by atoms with Crippen molar-refractivity contribution >= 4 is 46.5 Å². The Labute approximate surface area is 306 Å². The van der Waals surface area contributed by atoms with Crippen LogP contribution < -0.4 is 19.5 Å². The normalized spacial score (nSPS) is 15.0. The van der Waals surface area contributed by atoms with Crippen LogP contribution in [0.4, 0.5) is 0 Å². The first-order valence-electron chi connectivity index (χ1n) is 16.4. The number of benzene rings is 2. The van der Waals surface area contributed by atoms with Crippen molar-refractivity contribution in [3.05, 3.63) is 114 Å². The molecule has 4 aromatic rings. The number of carboxylic acids is 1. The Kier molecular flexibility index (Phi) is 13.0. The second-order valence-electron chi connectivity index (χ2n) is 12.3. The molecule has 2 atom stereocenters. The summed E-state index contributed by atoms with van der Waals surface area (Å²) >= 11 is 14.2. The third-order valence-corrected chi connectivity index (χ3v) is 10.7. The van der Waals surface area contributed by atoms with Crippen LogP contribution in [0.15, 0.2) is 67.0 Å². The van der Waals surface area contributed by atoms with Crippen LogP contribution in [0.2, 0.25) is 10.0 Å². The summed E-state index contributed by atoms with van der Waals surface area (Å²) in [6, 6.07) is 15.9. The van der Waals surface area contributed by atoms with Crippen molar-refractivity contribution in [3.8, 4) is 11.5 Å². The molecule has 1 fully saturated rings. The van der Waals surface area contributed by atoms with E-state index in [2.05, 4.69) is 17.3 Å². The fraction of sp³-hybridized carbons (Fsp3) is 0.378. The summed E-state index contributed by atoms with van der Waals surface area (Å²) in [5.74, 6) is -0.695. The van der Waals surface area contributed by atoms with Gasteiger partial charge in [-0.25, -0.2) is 9.59 Å². The first kappa shape index (κ1) is 37.4. The van der Waals surface area contributed by atoms with E-state index in [0.29, 0.717) is 51.4 Å². The number of carbonyl (C=O) groups excluding carboxylic acids is 1. The Balaban J connectivity index is 1.47. The molecule has 266 valence electrons. The molecule has 3 heterocycles. The summed E-state index contributed by atoms with van der Waals surface area (Å²) in [6.45, 7) is 4.76. The number of nitrogens with one attached hydrogen (secondary N) is 1. The summed E-state index contributed by atoms with van der Waals surface area (Å²) in [4.78, 5) is 29.4. The number of halogens is 2. The van der Waals surface area contributed by atoms with Crippen molar-refractivity contribution in [2.24, 2.45) is 5.92 Å². The Morgan fingerprint density at radius 3 is 2.40 bits per heavy atom.